The third kappa shape index (κ3) is 3.59. The Hall–Kier alpha value is -2.37. The highest BCUT2D eigenvalue weighted by molar-refractivity contribution is 5.90. The zero-order valence-corrected chi connectivity index (χ0v) is 15.1. The highest BCUT2D eigenvalue weighted by Gasteiger charge is 2.13. The van der Waals surface area contributed by atoms with Crippen LogP contribution in [0.3, 0.4) is 0 Å². The number of benzene rings is 2. The van der Waals surface area contributed by atoms with Crippen molar-refractivity contribution < 1.29 is 9.15 Å². The maximum Gasteiger partial charge on any atom is 0.200 e. The Morgan fingerprint density at radius 2 is 1.77 bits per heavy atom. The van der Waals surface area contributed by atoms with Crippen molar-refractivity contribution in [3.8, 4) is 5.75 Å². The van der Waals surface area contributed by atoms with Crippen molar-refractivity contribution in [1.82, 2.24) is 9.80 Å². The van der Waals surface area contributed by atoms with E-state index in [1.807, 2.05) is 30.3 Å². The van der Waals surface area contributed by atoms with E-state index >= 15 is 0 Å². The van der Waals surface area contributed by atoms with Gasteiger partial charge in [-0.15, -0.1) is 0 Å². The Morgan fingerprint density at radius 1 is 1.00 bits per heavy atom. The van der Waals surface area contributed by atoms with Gasteiger partial charge >= 0.3 is 0 Å². The van der Waals surface area contributed by atoms with E-state index in [9.17, 15) is 4.79 Å². The Balaban J connectivity index is 1.41. The molecule has 2 heterocycles. The first-order valence-electron chi connectivity index (χ1n) is 9.20. The average Bonchev–Trinajstić information content (AvgIpc) is 2.67. The first kappa shape index (κ1) is 17.1. The summed E-state index contributed by atoms with van der Waals surface area (Å²) in [5, 5.41) is 1.20. The lowest BCUT2D eigenvalue weighted by Crippen LogP contribution is -2.44. The predicted octanol–water partition coefficient (Wildman–Crippen LogP) is 2.96. The van der Waals surface area contributed by atoms with Crippen LogP contribution in [0.25, 0.3) is 21.9 Å². The summed E-state index contributed by atoms with van der Waals surface area (Å²) in [6, 6.07) is 12.8. The molecule has 5 nitrogen and oxygen atoms in total. The number of hydrogen-bond donors (Lipinski definition) is 0. The van der Waals surface area contributed by atoms with Crippen LogP contribution in [0.2, 0.25) is 0 Å². The molecule has 0 spiro atoms. The summed E-state index contributed by atoms with van der Waals surface area (Å²) in [7, 11) is 2.17. The molecule has 1 aliphatic heterocycles. The molecule has 0 bridgehead atoms. The minimum atomic E-state index is 0.00321. The smallest absolute Gasteiger partial charge is 0.200 e. The van der Waals surface area contributed by atoms with Gasteiger partial charge in [0.25, 0.3) is 0 Å². The van der Waals surface area contributed by atoms with Crippen molar-refractivity contribution in [2.24, 2.45) is 0 Å². The van der Waals surface area contributed by atoms with Crippen LogP contribution >= 0.6 is 0 Å². The summed E-state index contributed by atoms with van der Waals surface area (Å²) >= 11 is 0. The third-order valence-electron chi connectivity index (χ3n) is 5.03. The molecule has 136 valence electrons. The van der Waals surface area contributed by atoms with E-state index in [1.54, 1.807) is 12.1 Å². The van der Waals surface area contributed by atoms with Crippen LogP contribution in [0.4, 0.5) is 0 Å². The Morgan fingerprint density at radius 3 is 2.62 bits per heavy atom. The van der Waals surface area contributed by atoms with Crippen molar-refractivity contribution in [2.45, 2.75) is 6.42 Å². The second kappa shape index (κ2) is 7.48. The van der Waals surface area contributed by atoms with Crippen LogP contribution in [0, 0.1) is 0 Å². The second-order valence-electron chi connectivity index (χ2n) is 6.93. The lowest BCUT2D eigenvalue weighted by Gasteiger charge is -2.32. The number of rotatable bonds is 5. The molecule has 0 amide bonds. The van der Waals surface area contributed by atoms with Gasteiger partial charge in [0.1, 0.15) is 16.9 Å². The molecular weight excluding hydrogens is 328 g/mol. The summed E-state index contributed by atoms with van der Waals surface area (Å²) in [4.78, 5) is 17.4. The van der Waals surface area contributed by atoms with Crippen LogP contribution in [-0.4, -0.2) is 56.2 Å². The van der Waals surface area contributed by atoms with Gasteiger partial charge in [-0.3, -0.25) is 4.79 Å². The normalized spacial score (nSPS) is 16.3. The molecule has 0 saturated carbocycles. The first-order valence-corrected chi connectivity index (χ1v) is 9.20. The number of nitrogens with zero attached hydrogens (tertiary/aromatic N) is 2. The van der Waals surface area contributed by atoms with Gasteiger partial charge in [-0.25, -0.2) is 0 Å². The summed E-state index contributed by atoms with van der Waals surface area (Å²) < 4.78 is 11.8. The molecule has 0 radical (unpaired) electrons. The fraction of sp³-hybridized carbons (Fsp3) is 0.381. The number of hydrogen-bond acceptors (Lipinski definition) is 5. The minimum Gasteiger partial charge on any atom is -0.493 e. The van der Waals surface area contributed by atoms with Gasteiger partial charge in [-0.2, -0.15) is 0 Å². The van der Waals surface area contributed by atoms with E-state index in [2.05, 4.69) is 16.8 Å². The first-order chi connectivity index (χ1) is 12.7. The van der Waals surface area contributed by atoms with E-state index in [-0.39, 0.29) is 5.43 Å². The molecule has 4 rings (SSSR count). The van der Waals surface area contributed by atoms with E-state index < -0.39 is 0 Å². The predicted molar refractivity (Wildman–Crippen MR) is 104 cm³/mol. The highest BCUT2D eigenvalue weighted by atomic mass is 16.5. The van der Waals surface area contributed by atoms with Crippen molar-refractivity contribution in [3.63, 3.8) is 0 Å². The van der Waals surface area contributed by atoms with Gasteiger partial charge < -0.3 is 19.0 Å². The van der Waals surface area contributed by atoms with Crippen molar-refractivity contribution in [2.75, 3.05) is 46.4 Å². The molecule has 1 fully saturated rings. The summed E-state index contributed by atoms with van der Waals surface area (Å²) in [5.74, 6) is 0.745. The molecule has 5 heteroatoms. The molecule has 3 aromatic rings. The van der Waals surface area contributed by atoms with Gasteiger partial charge in [0, 0.05) is 38.8 Å². The molecule has 1 aliphatic rings. The fourth-order valence-electron chi connectivity index (χ4n) is 3.42. The molecule has 0 unspecified atom stereocenters. The van der Waals surface area contributed by atoms with E-state index in [0.29, 0.717) is 28.5 Å². The lowest BCUT2D eigenvalue weighted by molar-refractivity contribution is 0.145. The number of likely N-dealkylation sites (N-methyl/N-ethyl adjacent to an activating group) is 1. The molecule has 0 N–H and O–H groups in total. The maximum absolute atomic E-state index is 12.5. The van der Waals surface area contributed by atoms with Crippen LogP contribution < -0.4 is 10.2 Å². The van der Waals surface area contributed by atoms with Crippen molar-refractivity contribution in [1.29, 1.82) is 0 Å². The molecule has 0 atom stereocenters. The quantitative estimate of drug-likeness (QED) is 0.522. The van der Waals surface area contributed by atoms with Crippen molar-refractivity contribution in [3.05, 3.63) is 52.7 Å². The maximum atomic E-state index is 12.5. The molecule has 1 saturated heterocycles. The van der Waals surface area contributed by atoms with Crippen LogP contribution in [0.5, 0.6) is 5.75 Å². The lowest BCUT2D eigenvalue weighted by atomic mass is 10.1. The van der Waals surface area contributed by atoms with Gasteiger partial charge in [0.15, 0.2) is 0 Å². The summed E-state index contributed by atoms with van der Waals surface area (Å²) in [6.45, 7) is 6.25. The molecule has 26 heavy (non-hydrogen) atoms. The van der Waals surface area contributed by atoms with Crippen molar-refractivity contribution >= 4 is 21.9 Å². The van der Waals surface area contributed by atoms with E-state index in [0.717, 1.165) is 44.9 Å². The van der Waals surface area contributed by atoms with E-state index in [1.165, 1.54) is 0 Å². The second-order valence-corrected chi connectivity index (χ2v) is 6.93. The molecule has 0 aliphatic carbocycles. The molecule has 1 aromatic heterocycles. The third-order valence-corrected chi connectivity index (χ3v) is 5.03. The number of fused-ring (bicyclic) bond motifs is 2. The number of piperazine rings is 1. The van der Waals surface area contributed by atoms with Gasteiger partial charge in [-0.1, -0.05) is 12.1 Å². The zero-order valence-electron chi connectivity index (χ0n) is 15.1. The topological polar surface area (TPSA) is 45.9 Å². The Labute approximate surface area is 152 Å². The molecule has 2 aromatic carbocycles. The summed E-state index contributed by atoms with van der Waals surface area (Å²) in [5.41, 5.74) is 1.19. The van der Waals surface area contributed by atoms with Gasteiger partial charge in [0.2, 0.25) is 5.43 Å². The van der Waals surface area contributed by atoms with Crippen LogP contribution in [0.1, 0.15) is 6.42 Å². The Kier molecular flexibility index (Phi) is 4.91. The SMILES string of the molecule is CN1CCN(CCCOc2ccc3c(=O)c4ccccc4oc3c2)CC1. The average molecular weight is 352 g/mol. The fourth-order valence-corrected chi connectivity index (χ4v) is 3.42. The van der Waals surface area contributed by atoms with Crippen LogP contribution in [-0.2, 0) is 0 Å². The zero-order chi connectivity index (χ0) is 17.9. The van der Waals surface area contributed by atoms with Gasteiger partial charge in [0.05, 0.1) is 17.4 Å². The molecular formula is C21H24N2O3. The largest absolute Gasteiger partial charge is 0.493 e. The number of ether oxygens (including phenoxy) is 1. The highest BCUT2D eigenvalue weighted by Crippen LogP contribution is 2.23. The Bertz CT molecular complexity index is 958. The monoisotopic (exact) mass is 352 g/mol. The summed E-state index contributed by atoms with van der Waals surface area (Å²) in [6.07, 6.45) is 0.990. The van der Waals surface area contributed by atoms with Crippen LogP contribution in [0.15, 0.2) is 51.7 Å². The standard InChI is InChI=1S/C21H24N2O3/c1-22-10-12-23(13-11-22)9-4-14-25-16-7-8-18-20(15-16)26-19-6-3-2-5-17(19)21(18)24/h2-3,5-8,15H,4,9-14H2,1H3. The van der Waals surface area contributed by atoms with Gasteiger partial charge in [-0.05, 0) is 37.7 Å². The number of para-hydroxylation sites is 1. The minimum absolute atomic E-state index is 0.00321. The van der Waals surface area contributed by atoms with E-state index in [4.69, 9.17) is 9.15 Å².